The van der Waals surface area contributed by atoms with Gasteiger partial charge in [0, 0.05) is 0 Å². The quantitative estimate of drug-likeness (QED) is 0.237. The van der Waals surface area contributed by atoms with Crippen LogP contribution in [0.15, 0.2) is 115 Å². The van der Waals surface area contributed by atoms with Gasteiger partial charge in [-0.05, 0) is 72.8 Å². The molecule has 0 fully saturated rings. The molecule has 0 unspecified atom stereocenters. The lowest BCUT2D eigenvalue weighted by Crippen LogP contribution is -1.99. The SMILES string of the molecule is O[B]Oc1ccc(-c2c3ccccc3c(-c3ccc4ccccc4c3)c3ccccc23)cc1. The van der Waals surface area contributed by atoms with Crippen LogP contribution in [-0.2, 0) is 0 Å². The molecule has 3 heteroatoms. The zero-order valence-electron chi connectivity index (χ0n) is 17.9. The molecular weight excluding hydrogens is 403 g/mol. The smallest absolute Gasteiger partial charge is 0.537 e. The van der Waals surface area contributed by atoms with E-state index in [2.05, 4.69) is 91.0 Å². The first-order valence-electron chi connectivity index (χ1n) is 11.0. The van der Waals surface area contributed by atoms with E-state index in [1.165, 1.54) is 49.0 Å². The van der Waals surface area contributed by atoms with E-state index in [1.807, 2.05) is 24.3 Å². The van der Waals surface area contributed by atoms with E-state index in [9.17, 15) is 0 Å². The molecule has 1 N–H and O–H groups in total. The molecule has 6 aromatic rings. The van der Waals surface area contributed by atoms with E-state index in [1.54, 1.807) is 0 Å². The molecule has 0 saturated heterocycles. The molecule has 33 heavy (non-hydrogen) atoms. The van der Waals surface area contributed by atoms with Crippen molar-refractivity contribution < 1.29 is 9.68 Å². The standard InChI is InChI=1S/C30H20BO2/c32-31-33-24-17-15-21(16-18-24)29-25-9-3-5-11-27(25)30(28-12-6-4-10-26(28)29)23-14-13-20-7-1-2-8-22(20)19-23/h1-19,32H. The van der Waals surface area contributed by atoms with Crippen LogP contribution >= 0.6 is 0 Å². The van der Waals surface area contributed by atoms with Crippen LogP contribution in [0, 0.1) is 0 Å². The molecule has 6 aromatic carbocycles. The van der Waals surface area contributed by atoms with Crippen LogP contribution < -0.4 is 4.65 Å². The molecule has 0 bridgehead atoms. The molecule has 0 amide bonds. The van der Waals surface area contributed by atoms with Crippen molar-refractivity contribution in [3.8, 4) is 28.0 Å². The van der Waals surface area contributed by atoms with Crippen LogP contribution in [0.2, 0.25) is 0 Å². The molecule has 0 aliphatic rings. The van der Waals surface area contributed by atoms with Crippen molar-refractivity contribution in [1.82, 2.24) is 0 Å². The van der Waals surface area contributed by atoms with Gasteiger partial charge in [0.25, 0.3) is 0 Å². The lowest BCUT2D eigenvalue weighted by molar-refractivity contribution is 0.454. The average Bonchev–Trinajstić information content (AvgIpc) is 2.88. The van der Waals surface area contributed by atoms with Gasteiger partial charge in [-0.3, -0.25) is 0 Å². The highest BCUT2D eigenvalue weighted by Gasteiger charge is 2.16. The third-order valence-corrected chi connectivity index (χ3v) is 6.30. The van der Waals surface area contributed by atoms with Crippen molar-refractivity contribution in [2.75, 3.05) is 0 Å². The first kappa shape index (κ1) is 19.6. The van der Waals surface area contributed by atoms with Crippen LogP contribution in [0.1, 0.15) is 0 Å². The lowest BCUT2D eigenvalue weighted by Gasteiger charge is -2.18. The fourth-order valence-corrected chi connectivity index (χ4v) is 4.86. The first-order valence-corrected chi connectivity index (χ1v) is 11.0. The van der Waals surface area contributed by atoms with E-state index < -0.39 is 0 Å². The minimum absolute atomic E-state index is 0.600. The topological polar surface area (TPSA) is 29.5 Å². The molecule has 0 atom stereocenters. The molecule has 0 spiro atoms. The first-order chi connectivity index (χ1) is 16.3. The van der Waals surface area contributed by atoms with Crippen molar-refractivity contribution in [1.29, 1.82) is 0 Å². The van der Waals surface area contributed by atoms with Gasteiger partial charge in [-0.2, -0.15) is 0 Å². The Labute approximate surface area is 193 Å². The Balaban J connectivity index is 1.69. The summed E-state index contributed by atoms with van der Waals surface area (Å²) >= 11 is 0. The van der Waals surface area contributed by atoms with Crippen LogP contribution in [0.5, 0.6) is 5.75 Å². The third kappa shape index (κ3) is 3.34. The van der Waals surface area contributed by atoms with Gasteiger partial charge in [-0.1, -0.05) is 97.1 Å². The van der Waals surface area contributed by atoms with Gasteiger partial charge < -0.3 is 9.68 Å². The molecule has 2 nitrogen and oxygen atoms in total. The largest absolute Gasteiger partial charge is 0.569 e. The summed E-state index contributed by atoms with van der Waals surface area (Å²) in [6.07, 6.45) is 0. The molecule has 0 heterocycles. The molecule has 0 aromatic heterocycles. The van der Waals surface area contributed by atoms with Crippen LogP contribution in [0.25, 0.3) is 54.6 Å². The van der Waals surface area contributed by atoms with E-state index in [4.69, 9.17) is 9.68 Å². The highest BCUT2D eigenvalue weighted by Crippen LogP contribution is 2.44. The zero-order chi connectivity index (χ0) is 22.2. The van der Waals surface area contributed by atoms with Crippen LogP contribution in [0.4, 0.5) is 0 Å². The van der Waals surface area contributed by atoms with Crippen molar-refractivity contribution in [2.24, 2.45) is 0 Å². The highest BCUT2D eigenvalue weighted by molar-refractivity contribution is 6.21. The van der Waals surface area contributed by atoms with Gasteiger partial charge in [0.05, 0.1) is 0 Å². The maximum absolute atomic E-state index is 8.95. The molecule has 0 aliphatic carbocycles. The van der Waals surface area contributed by atoms with Gasteiger partial charge >= 0.3 is 7.69 Å². The van der Waals surface area contributed by atoms with E-state index in [0.717, 1.165) is 5.56 Å². The Morgan fingerprint density at radius 3 is 1.55 bits per heavy atom. The summed E-state index contributed by atoms with van der Waals surface area (Å²) in [7, 11) is 0.707. The van der Waals surface area contributed by atoms with Crippen molar-refractivity contribution in [3.05, 3.63) is 115 Å². The normalized spacial score (nSPS) is 11.2. The number of hydrogen-bond acceptors (Lipinski definition) is 2. The fraction of sp³-hybridized carbons (Fsp3) is 0. The minimum atomic E-state index is 0.600. The molecule has 0 aliphatic heterocycles. The molecular formula is C30H20BO2. The van der Waals surface area contributed by atoms with Gasteiger partial charge in [-0.25, -0.2) is 0 Å². The summed E-state index contributed by atoms with van der Waals surface area (Å²) < 4.78 is 5.11. The van der Waals surface area contributed by atoms with Crippen molar-refractivity contribution >= 4 is 40.0 Å². The Morgan fingerprint density at radius 1 is 0.485 bits per heavy atom. The van der Waals surface area contributed by atoms with E-state index in [0.29, 0.717) is 13.4 Å². The predicted octanol–water partition coefficient (Wildman–Crippen LogP) is 7.39. The van der Waals surface area contributed by atoms with E-state index in [-0.39, 0.29) is 0 Å². The summed E-state index contributed by atoms with van der Waals surface area (Å²) in [6, 6.07) is 40.3. The van der Waals surface area contributed by atoms with Gasteiger partial charge in [0.2, 0.25) is 0 Å². The van der Waals surface area contributed by atoms with Crippen molar-refractivity contribution in [3.63, 3.8) is 0 Å². The fourth-order valence-electron chi connectivity index (χ4n) is 4.86. The second-order valence-corrected chi connectivity index (χ2v) is 8.15. The summed E-state index contributed by atoms with van der Waals surface area (Å²) in [5.74, 6) is 0.600. The maximum Gasteiger partial charge on any atom is 0.569 e. The average molecular weight is 423 g/mol. The van der Waals surface area contributed by atoms with Crippen LogP contribution in [0.3, 0.4) is 0 Å². The lowest BCUT2D eigenvalue weighted by atomic mass is 9.85. The summed E-state index contributed by atoms with van der Waals surface area (Å²) in [5, 5.41) is 16.3. The molecule has 0 saturated carbocycles. The Bertz CT molecular complexity index is 1560. The Kier molecular flexibility index (Phi) is 4.82. The Morgan fingerprint density at radius 2 is 0.970 bits per heavy atom. The Hall–Kier alpha value is -4.08. The molecule has 1 radical (unpaired) electrons. The maximum atomic E-state index is 8.95. The van der Waals surface area contributed by atoms with Gasteiger partial charge in [0.15, 0.2) is 0 Å². The summed E-state index contributed by atoms with van der Waals surface area (Å²) in [4.78, 5) is 0. The molecule has 6 rings (SSSR count). The minimum Gasteiger partial charge on any atom is -0.537 e. The number of rotatable bonds is 4. The highest BCUT2D eigenvalue weighted by atomic mass is 16.5. The predicted molar refractivity (Wildman–Crippen MR) is 138 cm³/mol. The monoisotopic (exact) mass is 423 g/mol. The van der Waals surface area contributed by atoms with Gasteiger partial charge in [0.1, 0.15) is 5.75 Å². The number of fused-ring (bicyclic) bond motifs is 3. The van der Waals surface area contributed by atoms with E-state index >= 15 is 0 Å². The second-order valence-electron chi connectivity index (χ2n) is 8.15. The van der Waals surface area contributed by atoms with Crippen LogP contribution in [-0.4, -0.2) is 12.7 Å². The summed E-state index contributed by atoms with van der Waals surface area (Å²) in [5.41, 5.74) is 4.78. The summed E-state index contributed by atoms with van der Waals surface area (Å²) in [6.45, 7) is 0. The second kappa shape index (κ2) is 8.12. The zero-order valence-corrected chi connectivity index (χ0v) is 17.9. The molecule has 155 valence electrons. The number of hydrogen-bond donors (Lipinski definition) is 1. The number of benzene rings is 6. The third-order valence-electron chi connectivity index (χ3n) is 6.30. The van der Waals surface area contributed by atoms with Crippen molar-refractivity contribution in [2.45, 2.75) is 0 Å². The van der Waals surface area contributed by atoms with Gasteiger partial charge in [-0.15, -0.1) is 0 Å².